The Morgan fingerprint density at radius 3 is 2.39 bits per heavy atom. The Morgan fingerprint density at radius 2 is 1.78 bits per heavy atom. The van der Waals surface area contributed by atoms with Crippen LogP contribution in [0.5, 0.6) is 0 Å². The molecule has 0 spiro atoms. The minimum absolute atomic E-state index is 0.0235. The Morgan fingerprint density at radius 1 is 1.17 bits per heavy atom. The first-order valence-corrected chi connectivity index (χ1v) is 8.90. The average Bonchev–Trinajstić information content (AvgIpc) is 2.69. The van der Waals surface area contributed by atoms with E-state index in [4.69, 9.17) is 5.73 Å². The van der Waals surface area contributed by atoms with Gasteiger partial charge in [0.1, 0.15) is 0 Å². The molecule has 0 fully saturated rings. The summed E-state index contributed by atoms with van der Waals surface area (Å²) in [5.41, 5.74) is 3.52. The highest BCUT2D eigenvalue weighted by Gasteiger charge is 2.57. The first kappa shape index (κ1) is 16.1. The van der Waals surface area contributed by atoms with Gasteiger partial charge in [-0.3, -0.25) is 4.79 Å². The van der Waals surface area contributed by atoms with Crippen molar-refractivity contribution in [1.82, 2.24) is 4.31 Å². The van der Waals surface area contributed by atoms with Gasteiger partial charge in [0.25, 0.3) is 5.91 Å². The number of carbonyl (C=O) groups is 1. The maximum atomic E-state index is 12.7. The fourth-order valence-corrected chi connectivity index (χ4v) is 4.71. The molecule has 3 rings (SSSR count). The summed E-state index contributed by atoms with van der Waals surface area (Å²) < 4.78 is 27.0. The van der Waals surface area contributed by atoms with Crippen LogP contribution in [0.25, 0.3) is 0 Å². The molecule has 8 heteroatoms. The maximum Gasteiger partial charge on any atom is 0.271 e. The summed E-state index contributed by atoms with van der Waals surface area (Å²) >= 11 is 3.29. The number of nitrogens with two attached hydrogens (primary N) is 1. The van der Waals surface area contributed by atoms with Crippen LogP contribution in [0, 0.1) is 0 Å². The molecule has 1 aliphatic heterocycles. The minimum Gasteiger partial charge on any atom is -0.366 e. The fraction of sp³-hybridized carbons (Fsp3) is 0.133. The Labute approximate surface area is 141 Å². The lowest BCUT2D eigenvalue weighted by Gasteiger charge is -2.29. The summed E-state index contributed by atoms with van der Waals surface area (Å²) in [6.07, 6.45) is 0. The van der Waals surface area contributed by atoms with Crippen molar-refractivity contribution in [2.45, 2.75) is 17.2 Å². The van der Waals surface area contributed by atoms with Crippen LogP contribution < -0.4 is 5.73 Å². The molecule has 1 heterocycles. The van der Waals surface area contributed by atoms with Crippen LogP contribution in [-0.2, 0) is 27.1 Å². The highest BCUT2D eigenvalue weighted by molar-refractivity contribution is 9.10. The third-order valence-corrected chi connectivity index (χ3v) is 6.19. The van der Waals surface area contributed by atoms with Crippen LogP contribution in [-0.4, -0.2) is 23.7 Å². The maximum absolute atomic E-state index is 12.7. The van der Waals surface area contributed by atoms with E-state index in [-0.39, 0.29) is 17.0 Å². The lowest BCUT2D eigenvalue weighted by molar-refractivity contribution is -0.151. The van der Waals surface area contributed by atoms with Gasteiger partial charge in [-0.25, -0.2) is 8.42 Å². The zero-order chi connectivity index (χ0) is 16.8. The number of hydrogen-bond acceptors (Lipinski definition) is 4. The van der Waals surface area contributed by atoms with E-state index in [0.29, 0.717) is 5.56 Å². The molecule has 0 aliphatic carbocycles. The molecule has 0 saturated carbocycles. The van der Waals surface area contributed by atoms with E-state index in [2.05, 4.69) is 15.9 Å². The molecule has 1 unspecified atom stereocenters. The molecule has 6 nitrogen and oxygen atoms in total. The van der Waals surface area contributed by atoms with Gasteiger partial charge in [-0.05, 0) is 23.8 Å². The van der Waals surface area contributed by atoms with Crippen molar-refractivity contribution < 1.29 is 18.3 Å². The van der Waals surface area contributed by atoms with Crippen molar-refractivity contribution in [3.05, 3.63) is 64.1 Å². The summed E-state index contributed by atoms with van der Waals surface area (Å²) in [5, 5.41) is 10.8. The van der Waals surface area contributed by atoms with Crippen molar-refractivity contribution in [3.63, 3.8) is 0 Å². The van der Waals surface area contributed by atoms with Gasteiger partial charge < -0.3 is 10.8 Å². The SMILES string of the molecule is NC(=O)C1(O)c2ccccc2S(=O)(=O)N1Cc1ccc(Br)cc1. The van der Waals surface area contributed by atoms with E-state index in [9.17, 15) is 18.3 Å². The smallest absolute Gasteiger partial charge is 0.271 e. The number of hydrogen-bond donors (Lipinski definition) is 2. The number of fused-ring (bicyclic) bond motifs is 1. The van der Waals surface area contributed by atoms with Crippen LogP contribution in [0.3, 0.4) is 0 Å². The average molecular weight is 397 g/mol. The Kier molecular flexibility index (Phi) is 3.80. The van der Waals surface area contributed by atoms with Gasteiger partial charge in [-0.15, -0.1) is 0 Å². The quantitative estimate of drug-likeness (QED) is 0.815. The standard InChI is InChI=1S/C15H13BrN2O4S/c16-11-7-5-10(6-8-11)9-18-15(20,14(17)19)12-3-1-2-4-13(12)23(18,21)22/h1-8,20H,9H2,(H2,17,19). The monoisotopic (exact) mass is 396 g/mol. The number of aliphatic hydroxyl groups is 1. The Hall–Kier alpha value is -1.74. The van der Waals surface area contributed by atoms with Crippen LogP contribution in [0.15, 0.2) is 57.9 Å². The third kappa shape index (κ3) is 2.38. The molecule has 0 radical (unpaired) electrons. The van der Waals surface area contributed by atoms with E-state index in [0.717, 1.165) is 8.78 Å². The van der Waals surface area contributed by atoms with E-state index in [1.165, 1.54) is 18.2 Å². The van der Waals surface area contributed by atoms with Gasteiger partial charge in [-0.1, -0.05) is 46.3 Å². The van der Waals surface area contributed by atoms with E-state index in [1.807, 2.05) is 0 Å². The molecule has 2 aromatic carbocycles. The third-order valence-electron chi connectivity index (χ3n) is 3.77. The molecule has 120 valence electrons. The van der Waals surface area contributed by atoms with Crippen molar-refractivity contribution in [1.29, 1.82) is 0 Å². The normalized spacial score (nSPS) is 22.7. The minimum atomic E-state index is -4.04. The molecule has 1 aliphatic rings. The van der Waals surface area contributed by atoms with Gasteiger partial charge in [0.15, 0.2) is 0 Å². The van der Waals surface area contributed by atoms with Crippen LogP contribution in [0.4, 0.5) is 0 Å². The van der Waals surface area contributed by atoms with Crippen molar-refractivity contribution in [2.75, 3.05) is 0 Å². The topological polar surface area (TPSA) is 101 Å². The summed E-state index contributed by atoms with van der Waals surface area (Å²) in [6, 6.07) is 12.7. The number of amides is 1. The van der Waals surface area contributed by atoms with E-state index >= 15 is 0 Å². The summed E-state index contributed by atoms with van der Waals surface area (Å²) in [5.74, 6) is -1.14. The van der Waals surface area contributed by atoms with Crippen LogP contribution >= 0.6 is 15.9 Å². The number of benzene rings is 2. The molecule has 0 bridgehead atoms. The second-order valence-electron chi connectivity index (χ2n) is 5.17. The number of carbonyl (C=O) groups excluding carboxylic acids is 1. The number of nitrogens with zero attached hydrogens (tertiary/aromatic N) is 1. The molecule has 23 heavy (non-hydrogen) atoms. The molecular formula is C15H13BrN2O4S. The van der Waals surface area contributed by atoms with Gasteiger partial charge >= 0.3 is 0 Å². The summed E-state index contributed by atoms with van der Waals surface area (Å²) in [6.45, 7) is -0.177. The number of sulfonamides is 1. The zero-order valence-electron chi connectivity index (χ0n) is 11.8. The van der Waals surface area contributed by atoms with Gasteiger partial charge in [0.2, 0.25) is 15.7 Å². The molecule has 1 amide bonds. The van der Waals surface area contributed by atoms with Crippen LogP contribution in [0.1, 0.15) is 11.1 Å². The van der Waals surface area contributed by atoms with Gasteiger partial charge in [-0.2, -0.15) is 4.31 Å². The van der Waals surface area contributed by atoms with Crippen LogP contribution in [0.2, 0.25) is 0 Å². The van der Waals surface area contributed by atoms with Crippen molar-refractivity contribution >= 4 is 31.9 Å². The number of rotatable bonds is 3. The predicted molar refractivity (Wildman–Crippen MR) is 86.4 cm³/mol. The van der Waals surface area contributed by atoms with Crippen molar-refractivity contribution in [3.8, 4) is 0 Å². The summed E-state index contributed by atoms with van der Waals surface area (Å²) in [7, 11) is -4.04. The number of halogens is 1. The predicted octanol–water partition coefficient (Wildman–Crippen LogP) is 1.28. The molecule has 1 atom stereocenters. The van der Waals surface area contributed by atoms with Crippen molar-refractivity contribution in [2.24, 2.45) is 5.73 Å². The first-order valence-electron chi connectivity index (χ1n) is 6.67. The van der Waals surface area contributed by atoms with Gasteiger partial charge in [0, 0.05) is 16.6 Å². The fourth-order valence-electron chi connectivity index (χ4n) is 2.62. The highest BCUT2D eigenvalue weighted by atomic mass is 79.9. The molecule has 2 aromatic rings. The lowest BCUT2D eigenvalue weighted by Crippen LogP contribution is -2.52. The Bertz CT molecular complexity index is 883. The second-order valence-corrected chi connectivity index (χ2v) is 7.92. The molecule has 3 N–H and O–H groups in total. The molecule has 0 aromatic heterocycles. The zero-order valence-corrected chi connectivity index (χ0v) is 14.2. The first-order chi connectivity index (χ1) is 10.8. The second kappa shape index (κ2) is 5.41. The number of primary amides is 1. The largest absolute Gasteiger partial charge is 0.366 e. The lowest BCUT2D eigenvalue weighted by atomic mass is 10.0. The van der Waals surface area contributed by atoms with Gasteiger partial charge in [0.05, 0.1) is 4.90 Å². The highest BCUT2D eigenvalue weighted by Crippen LogP contribution is 2.43. The van der Waals surface area contributed by atoms with E-state index < -0.39 is 21.7 Å². The van der Waals surface area contributed by atoms with E-state index in [1.54, 1.807) is 30.3 Å². The molecular weight excluding hydrogens is 384 g/mol. The Balaban J connectivity index is 2.15. The summed E-state index contributed by atoms with van der Waals surface area (Å²) in [4.78, 5) is 11.8. The molecule has 0 saturated heterocycles.